The lowest BCUT2D eigenvalue weighted by atomic mass is 9.97. The predicted octanol–water partition coefficient (Wildman–Crippen LogP) is 1.65. The lowest BCUT2D eigenvalue weighted by Crippen LogP contribution is -2.38. The molecule has 0 radical (unpaired) electrons. The summed E-state index contributed by atoms with van der Waals surface area (Å²) in [7, 11) is 0. The van der Waals surface area contributed by atoms with Crippen LogP contribution < -0.4 is 0 Å². The van der Waals surface area contributed by atoms with Gasteiger partial charge >= 0.3 is 0 Å². The number of hydrogen-bond donors (Lipinski definition) is 0. The van der Waals surface area contributed by atoms with Gasteiger partial charge in [0.15, 0.2) is 0 Å². The molecule has 0 aromatic rings. The third-order valence-electron chi connectivity index (χ3n) is 2.34. The lowest BCUT2D eigenvalue weighted by molar-refractivity contribution is -0.129. The van der Waals surface area contributed by atoms with E-state index < -0.39 is 0 Å². The van der Waals surface area contributed by atoms with Gasteiger partial charge in [-0.3, -0.25) is 4.79 Å². The van der Waals surface area contributed by atoms with Crippen molar-refractivity contribution in [2.75, 3.05) is 19.0 Å². The van der Waals surface area contributed by atoms with Gasteiger partial charge in [0.2, 0.25) is 5.91 Å². The van der Waals surface area contributed by atoms with Crippen molar-refractivity contribution < 1.29 is 4.79 Å². The van der Waals surface area contributed by atoms with Gasteiger partial charge in [-0.05, 0) is 18.8 Å². The van der Waals surface area contributed by atoms with E-state index in [0.29, 0.717) is 5.92 Å². The van der Waals surface area contributed by atoms with Crippen molar-refractivity contribution in [3.05, 3.63) is 12.7 Å². The van der Waals surface area contributed by atoms with Gasteiger partial charge in [0, 0.05) is 13.1 Å². The Morgan fingerprint density at radius 1 is 1.58 bits per heavy atom. The second kappa shape index (κ2) is 4.51. The number of nitrogens with zero attached hydrogens (tertiary/aromatic N) is 1. The molecule has 1 aliphatic heterocycles. The van der Waals surface area contributed by atoms with Crippen LogP contribution in [-0.4, -0.2) is 29.8 Å². The summed E-state index contributed by atoms with van der Waals surface area (Å²) >= 11 is 5.44. The molecule has 1 saturated heterocycles. The maximum atomic E-state index is 11.1. The fourth-order valence-corrected chi connectivity index (χ4v) is 1.64. The zero-order valence-electron chi connectivity index (χ0n) is 7.13. The zero-order chi connectivity index (χ0) is 8.97. The lowest BCUT2D eigenvalue weighted by Gasteiger charge is -2.30. The highest BCUT2D eigenvalue weighted by molar-refractivity contribution is 6.27. The second-order valence-corrected chi connectivity index (χ2v) is 3.35. The monoisotopic (exact) mass is 187 g/mol. The van der Waals surface area contributed by atoms with Crippen LogP contribution in [0.25, 0.3) is 0 Å². The van der Waals surface area contributed by atoms with E-state index >= 15 is 0 Å². The van der Waals surface area contributed by atoms with Gasteiger partial charge in [0.05, 0.1) is 0 Å². The molecule has 0 bridgehead atoms. The van der Waals surface area contributed by atoms with Crippen molar-refractivity contribution in [1.82, 2.24) is 4.90 Å². The van der Waals surface area contributed by atoms with Crippen molar-refractivity contribution in [3.63, 3.8) is 0 Å². The molecular weight excluding hydrogens is 174 g/mol. The normalized spacial score (nSPS) is 19.2. The molecule has 1 rings (SSSR count). The molecule has 1 heterocycles. The minimum Gasteiger partial charge on any atom is -0.342 e. The number of piperidine rings is 1. The molecule has 0 saturated carbocycles. The summed E-state index contributed by atoms with van der Waals surface area (Å²) in [4.78, 5) is 13.0. The maximum Gasteiger partial charge on any atom is 0.237 e. The van der Waals surface area contributed by atoms with E-state index in [4.69, 9.17) is 11.6 Å². The number of hydrogen-bond acceptors (Lipinski definition) is 1. The smallest absolute Gasteiger partial charge is 0.237 e. The first-order chi connectivity index (χ1) is 5.77. The Hall–Kier alpha value is -0.500. The molecular formula is C9H14ClNO. The van der Waals surface area contributed by atoms with Crippen LogP contribution in [-0.2, 0) is 4.79 Å². The Labute approximate surface area is 78.2 Å². The number of alkyl halides is 1. The van der Waals surface area contributed by atoms with Gasteiger partial charge in [-0.15, -0.1) is 18.2 Å². The Morgan fingerprint density at radius 3 is 2.58 bits per heavy atom. The van der Waals surface area contributed by atoms with Crippen molar-refractivity contribution in [2.24, 2.45) is 5.92 Å². The number of rotatable bonds is 2. The molecule has 68 valence electrons. The van der Waals surface area contributed by atoms with Crippen LogP contribution >= 0.6 is 11.6 Å². The Bertz CT molecular complexity index is 173. The molecule has 0 aromatic carbocycles. The SMILES string of the molecule is C=CC1CCN(C(=O)CCl)CC1. The van der Waals surface area contributed by atoms with Crippen molar-refractivity contribution in [3.8, 4) is 0 Å². The Balaban J connectivity index is 2.35. The number of carbonyl (C=O) groups excluding carboxylic acids is 1. The standard InChI is InChI=1S/C9H14ClNO/c1-2-8-3-5-11(6-4-8)9(12)7-10/h2,8H,1,3-7H2. The van der Waals surface area contributed by atoms with Crippen LogP contribution in [0.5, 0.6) is 0 Å². The summed E-state index contributed by atoms with van der Waals surface area (Å²) in [6.07, 6.45) is 4.04. The van der Waals surface area contributed by atoms with Crippen LogP contribution in [0, 0.1) is 5.92 Å². The average Bonchev–Trinajstić information content (AvgIpc) is 2.17. The van der Waals surface area contributed by atoms with E-state index in [1.165, 1.54) is 0 Å². The van der Waals surface area contributed by atoms with E-state index in [0.717, 1.165) is 25.9 Å². The first-order valence-electron chi connectivity index (χ1n) is 4.24. The number of amides is 1. The maximum absolute atomic E-state index is 11.1. The Morgan fingerprint density at radius 2 is 2.17 bits per heavy atom. The molecule has 12 heavy (non-hydrogen) atoms. The largest absolute Gasteiger partial charge is 0.342 e. The van der Waals surface area contributed by atoms with Crippen molar-refractivity contribution >= 4 is 17.5 Å². The molecule has 0 N–H and O–H groups in total. The van der Waals surface area contributed by atoms with Gasteiger partial charge in [-0.25, -0.2) is 0 Å². The number of allylic oxidation sites excluding steroid dienone is 1. The van der Waals surface area contributed by atoms with E-state index in [9.17, 15) is 4.79 Å². The molecule has 0 spiro atoms. The van der Waals surface area contributed by atoms with Crippen LogP contribution in [0.4, 0.5) is 0 Å². The molecule has 1 amide bonds. The first-order valence-corrected chi connectivity index (χ1v) is 4.77. The first kappa shape index (κ1) is 9.59. The van der Waals surface area contributed by atoms with Crippen LogP contribution in [0.3, 0.4) is 0 Å². The molecule has 3 heteroatoms. The second-order valence-electron chi connectivity index (χ2n) is 3.09. The van der Waals surface area contributed by atoms with E-state index in [2.05, 4.69) is 6.58 Å². The van der Waals surface area contributed by atoms with Crippen molar-refractivity contribution in [1.29, 1.82) is 0 Å². The minimum atomic E-state index is 0.0548. The highest BCUT2D eigenvalue weighted by Crippen LogP contribution is 2.17. The summed E-state index contributed by atoms with van der Waals surface area (Å²) in [6.45, 7) is 5.42. The Kier molecular flexibility index (Phi) is 3.60. The summed E-state index contributed by atoms with van der Waals surface area (Å²) in [5.74, 6) is 0.752. The van der Waals surface area contributed by atoms with Crippen LogP contribution in [0.2, 0.25) is 0 Å². The zero-order valence-corrected chi connectivity index (χ0v) is 7.89. The number of carbonyl (C=O) groups is 1. The molecule has 0 aromatic heterocycles. The highest BCUT2D eigenvalue weighted by atomic mass is 35.5. The summed E-state index contributed by atoms with van der Waals surface area (Å²) in [5, 5.41) is 0. The van der Waals surface area contributed by atoms with Crippen LogP contribution in [0.15, 0.2) is 12.7 Å². The summed E-state index contributed by atoms with van der Waals surface area (Å²) in [5.41, 5.74) is 0. The van der Waals surface area contributed by atoms with Crippen molar-refractivity contribution in [2.45, 2.75) is 12.8 Å². The fourth-order valence-electron chi connectivity index (χ4n) is 1.47. The molecule has 1 aliphatic rings. The van der Waals surface area contributed by atoms with E-state index in [-0.39, 0.29) is 11.8 Å². The van der Waals surface area contributed by atoms with Gasteiger partial charge in [0.25, 0.3) is 0 Å². The number of halogens is 1. The van der Waals surface area contributed by atoms with Gasteiger partial charge in [0.1, 0.15) is 5.88 Å². The minimum absolute atomic E-state index is 0.0548. The third-order valence-corrected chi connectivity index (χ3v) is 2.57. The summed E-state index contributed by atoms with van der Waals surface area (Å²) in [6, 6.07) is 0. The topological polar surface area (TPSA) is 20.3 Å². The average molecular weight is 188 g/mol. The summed E-state index contributed by atoms with van der Waals surface area (Å²) < 4.78 is 0. The van der Waals surface area contributed by atoms with E-state index in [1.54, 1.807) is 0 Å². The van der Waals surface area contributed by atoms with Gasteiger partial charge in [-0.2, -0.15) is 0 Å². The quantitative estimate of drug-likeness (QED) is 0.476. The van der Waals surface area contributed by atoms with Crippen LogP contribution in [0.1, 0.15) is 12.8 Å². The van der Waals surface area contributed by atoms with Gasteiger partial charge in [-0.1, -0.05) is 6.08 Å². The van der Waals surface area contributed by atoms with E-state index in [1.807, 2.05) is 11.0 Å². The molecule has 0 atom stereocenters. The molecule has 0 aliphatic carbocycles. The molecule has 0 unspecified atom stereocenters. The number of likely N-dealkylation sites (tertiary alicyclic amines) is 1. The predicted molar refractivity (Wildman–Crippen MR) is 50.2 cm³/mol. The highest BCUT2D eigenvalue weighted by Gasteiger charge is 2.19. The molecule has 2 nitrogen and oxygen atoms in total. The fraction of sp³-hybridized carbons (Fsp3) is 0.667. The third kappa shape index (κ3) is 2.24. The molecule has 1 fully saturated rings. The van der Waals surface area contributed by atoms with Gasteiger partial charge < -0.3 is 4.90 Å².